The molecule has 1 aromatic heterocycles. The van der Waals surface area contributed by atoms with E-state index in [1.165, 1.54) is 0 Å². The Morgan fingerprint density at radius 3 is 2.86 bits per heavy atom. The number of aromatic nitrogens is 1. The van der Waals surface area contributed by atoms with Gasteiger partial charge >= 0.3 is 5.97 Å². The van der Waals surface area contributed by atoms with Gasteiger partial charge in [-0.3, -0.25) is 19.4 Å². The molecule has 3 N–H and O–H groups in total. The molecule has 2 amide bonds. The minimum atomic E-state index is -0.621. The number of nitrogen functional groups attached to an aromatic ring is 1. The Morgan fingerprint density at radius 1 is 1.31 bits per heavy atom. The van der Waals surface area contributed by atoms with Crippen molar-refractivity contribution in [2.75, 3.05) is 23.8 Å². The van der Waals surface area contributed by atoms with Crippen LogP contribution in [0.5, 0.6) is 0 Å². The van der Waals surface area contributed by atoms with Gasteiger partial charge in [-0.05, 0) is 42.7 Å². The van der Waals surface area contributed by atoms with E-state index in [-0.39, 0.29) is 25.4 Å². The van der Waals surface area contributed by atoms with Crippen molar-refractivity contribution in [3.63, 3.8) is 0 Å². The summed E-state index contributed by atoms with van der Waals surface area (Å²) < 4.78 is 4.99. The molecule has 2 aromatic rings. The largest absolute Gasteiger partial charge is 0.466 e. The first-order valence-corrected chi connectivity index (χ1v) is 9.51. The number of nitrogens with one attached hydrogen (secondary N) is 1. The molecule has 1 aliphatic rings. The number of nitrogens with two attached hydrogens (primary N) is 1. The van der Waals surface area contributed by atoms with Gasteiger partial charge in [0, 0.05) is 30.3 Å². The molecule has 0 bridgehead atoms. The van der Waals surface area contributed by atoms with Crippen LogP contribution in [-0.2, 0) is 25.5 Å². The fourth-order valence-corrected chi connectivity index (χ4v) is 3.35. The molecular formula is C21H24N4O4. The lowest BCUT2D eigenvalue weighted by Crippen LogP contribution is -2.37. The number of anilines is 2. The van der Waals surface area contributed by atoms with E-state index < -0.39 is 17.9 Å². The summed E-state index contributed by atoms with van der Waals surface area (Å²) in [4.78, 5) is 42.8. The first kappa shape index (κ1) is 20.3. The van der Waals surface area contributed by atoms with Crippen LogP contribution >= 0.6 is 0 Å². The van der Waals surface area contributed by atoms with Gasteiger partial charge in [-0.25, -0.2) is 0 Å². The van der Waals surface area contributed by atoms with Gasteiger partial charge in [0.05, 0.1) is 19.1 Å². The molecule has 1 unspecified atom stereocenters. The van der Waals surface area contributed by atoms with Crippen LogP contribution in [0.15, 0.2) is 42.7 Å². The number of pyridine rings is 1. The summed E-state index contributed by atoms with van der Waals surface area (Å²) >= 11 is 0. The Hall–Kier alpha value is -3.42. The minimum absolute atomic E-state index is 0.0391. The number of benzene rings is 1. The van der Waals surface area contributed by atoms with Crippen molar-refractivity contribution >= 4 is 29.2 Å². The summed E-state index contributed by atoms with van der Waals surface area (Å²) in [5, 5.41) is 2.76. The standard InChI is InChI=1S/C21H24N4O4/c1-2-29-21(28)11-17(15-4-3-8-23-13-15)24-19(26)12-20(27)25-9-7-14-5-6-16(22)10-18(14)25/h3-6,8,10,13,17H,2,7,9,11-12,22H2,1H3,(H,24,26). The van der Waals surface area contributed by atoms with E-state index in [0.29, 0.717) is 17.8 Å². The van der Waals surface area contributed by atoms with E-state index in [0.717, 1.165) is 17.7 Å². The van der Waals surface area contributed by atoms with E-state index in [9.17, 15) is 14.4 Å². The summed E-state index contributed by atoms with van der Waals surface area (Å²) in [5.41, 5.74) is 8.84. The summed E-state index contributed by atoms with van der Waals surface area (Å²) in [6.45, 7) is 2.48. The zero-order valence-electron chi connectivity index (χ0n) is 16.3. The van der Waals surface area contributed by atoms with Crippen LogP contribution in [0.25, 0.3) is 0 Å². The molecule has 3 rings (SSSR count). The quantitative estimate of drug-likeness (QED) is 0.419. The molecule has 1 aromatic carbocycles. The topological polar surface area (TPSA) is 115 Å². The molecule has 2 heterocycles. The van der Waals surface area contributed by atoms with Gasteiger partial charge in [0.25, 0.3) is 0 Å². The maximum atomic E-state index is 12.7. The van der Waals surface area contributed by atoms with Crippen LogP contribution in [0, 0.1) is 0 Å². The molecule has 0 spiro atoms. The van der Waals surface area contributed by atoms with Gasteiger partial charge in [0.2, 0.25) is 11.8 Å². The molecule has 0 fully saturated rings. The van der Waals surface area contributed by atoms with Crippen LogP contribution in [0.4, 0.5) is 11.4 Å². The summed E-state index contributed by atoms with van der Waals surface area (Å²) in [6, 6.07) is 8.31. The molecule has 8 heteroatoms. The van der Waals surface area contributed by atoms with Crippen LogP contribution in [0.2, 0.25) is 0 Å². The molecule has 0 saturated carbocycles. The second-order valence-corrected chi connectivity index (χ2v) is 6.78. The Kier molecular flexibility index (Phi) is 6.43. The number of fused-ring (bicyclic) bond motifs is 1. The predicted molar refractivity (Wildman–Crippen MR) is 108 cm³/mol. The van der Waals surface area contributed by atoms with Crippen LogP contribution in [-0.4, -0.2) is 35.9 Å². The van der Waals surface area contributed by atoms with Crippen molar-refractivity contribution in [3.8, 4) is 0 Å². The number of amides is 2. The van der Waals surface area contributed by atoms with Crippen LogP contribution < -0.4 is 16.0 Å². The highest BCUT2D eigenvalue weighted by molar-refractivity contribution is 6.06. The number of esters is 1. The zero-order valence-corrected chi connectivity index (χ0v) is 16.3. The summed E-state index contributed by atoms with van der Waals surface area (Å²) in [6.07, 6.45) is 3.54. The number of nitrogens with zero attached hydrogens (tertiary/aromatic N) is 2. The van der Waals surface area contributed by atoms with Gasteiger partial charge in [0.1, 0.15) is 6.42 Å². The molecule has 0 saturated heterocycles. The third-order valence-corrected chi connectivity index (χ3v) is 4.72. The van der Waals surface area contributed by atoms with E-state index in [1.807, 2.05) is 6.07 Å². The first-order chi connectivity index (χ1) is 14.0. The van der Waals surface area contributed by atoms with Crippen molar-refractivity contribution in [3.05, 3.63) is 53.9 Å². The van der Waals surface area contributed by atoms with Gasteiger partial charge < -0.3 is 20.7 Å². The first-order valence-electron chi connectivity index (χ1n) is 9.51. The summed E-state index contributed by atoms with van der Waals surface area (Å²) in [5.74, 6) is -1.21. The fraction of sp³-hybridized carbons (Fsp3) is 0.333. The van der Waals surface area contributed by atoms with Crippen molar-refractivity contribution in [2.24, 2.45) is 0 Å². The number of hydrogen-bond acceptors (Lipinski definition) is 6. The van der Waals surface area contributed by atoms with E-state index >= 15 is 0 Å². The molecule has 152 valence electrons. The van der Waals surface area contributed by atoms with E-state index in [1.54, 1.807) is 48.5 Å². The van der Waals surface area contributed by atoms with Crippen molar-refractivity contribution in [2.45, 2.75) is 32.2 Å². The lowest BCUT2D eigenvalue weighted by molar-refractivity contribution is -0.143. The number of carbonyl (C=O) groups excluding carboxylic acids is 3. The highest BCUT2D eigenvalue weighted by atomic mass is 16.5. The maximum absolute atomic E-state index is 12.7. The minimum Gasteiger partial charge on any atom is -0.466 e. The summed E-state index contributed by atoms with van der Waals surface area (Å²) in [7, 11) is 0. The SMILES string of the molecule is CCOC(=O)CC(NC(=O)CC(=O)N1CCc2ccc(N)cc21)c1cccnc1. The Balaban J connectivity index is 1.66. The lowest BCUT2D eigenvalue weighted by atomic mass is 10.1. The highest BCUT2D eigenvalue weighted by Crippen LogP contribution is 2.30. The molecular weight excluding hydrogens is 372 g/mol. The molecule has 8 nitrogen and oxygen atoms in total. The monoisotopic (exact) mass is 396 g/mol. The van der Waals surface area contributed by atoms with Crippen molar-refractivity contribution in [1.29, 1.82) is 0 Å². The smallest absolute Gasteiger partial charge is 0.308 e. The average Bonchev–Trinajstić information content (AvgIpc) is 3.11. The molecule has 1 aliphatic heterocycles. The van der Waals surface area contributed by atoms with Gasteiger partial charge in [-0.1, -0.05) is 12.1 Å². The highest BCUT2D eigenvalue weighted by Gasteiger charge is 2.27. The zero-order chi connectivity index (χ0) is 20.8. The Labute approximate surface area is 169 Å². The Bertz CT molecular complexity index is 901. The van der Waals surface area contributed by atoms with Gasteiger partial charge in [-0.2, -0.15) is 0 Å². The van der Waals surface area contributed by atoms with Gasteiger partial charge in [-0.15, -0.1) is 0 Å². The van der Waals surface area contributed by atoms with Crippen LogP contribution in [0.3, 0.4) is 0 Å². The normalized spacial score (nSPS) is 13.5. The molecule has 0 radical (unpaired) electrons. The van der Waals surface area contributed by atoms with E-state index in [4.69, 9.17) is 10.5 Å². The number of hydrogen-bond donors (Lipinski definition) is 2. The second-order valence-electron chi connectivity index (χ2n) is 6.78. The van der Waals surface area contributed by atoms with Crippen LogP contribution in [0.1, 0.15) is 36.9 Å². The third-order valence-electron chi connectivity index (χ3n) is 4.72. The fourth-order valence-electron chi connectivity index (χ4n) is 3.35. The average molecular weight is 396 g/mol. The molecule has 1 atom stereocenters. The lowest BCUT2D eigenvalue weighted by Gasteiger charge is -2.20. The second kappa shape index (κ2) is 9.18. The number of rotatable bonds is 7. The van der Waals surface area contributed by atoms with Crippen molar-refractivity contribution in [1.82, 2.24) is 10.3 Å². The van der Waals surface area contributed by atoms with Crippen molar-refractivity contribution < 1.29 is 19.1 Å². The molecule has 29 heavy (non-hydrogen) atoms. The third kappa shape index (κ3) is 5.10. The van der Waals surface area contributed by atoms with E-state index in [2.05, 4.69) is 10.3 Å². The predicted octanol–water partition coefficient (Wildman–Crippen LogP) is 1.75. The number of carbonyl (C=O) groups is 3. The Morgan fingerprint density at radius 2 is 2.14 bits per heavy atom. The van der Waals surface area contributed by atoms with Gasteiger partial charge in [0.15, 0.2) is 0 Å². The number of ether oxygens (including phenoxy) is 1. The molecule has 0 aliphatic carbocycles. The maximum Gasteiger partial charge on any atom is 0.308 e.